The van der Waals surface area contributed by atoms with Gasteiger partial charge >= 0.3 is 0 Å². The molecule has 0 saturated heterocycles. The van der Waals surface area contributed by atoms with E-state index in [1.807, 2.05) is 29.5 Å². The Morgan fingerprint density at radius 3 is 2.79 bits per heavy atom. The number of hydrogen-bond donors (Lipinski definition) is 2. The summed E-state index contributed by atoms with van der Waals surface area (Å²) in [5.41, 5.74) is 3.33. The van der Waals surface area contributed by atoms with Crippen molar-refractivity contribution >= 4 is 57.9 Å². The fourth-order valence-electron chi connectivity index (χ4n) is 1.83. The maximum Gasteiger partial charge on any atom is 0.272 e. The zero-order valence-electron chi connectivity index (χ0n) is 12.5. The second-order valence-electron chi connectivity index (χ2n) is 4.61. The molecule has 0 saturated carbocycles. The van der Waals surface area contributed by atoms with Gasteiger partial charge in [0.1, 0.15) is 0 Å². The fraction of sp³-hybridized carbons (Fsp3) is 0.125. The van der Waals surface area contributed by atoms with Crippen LogP contribution in [-0.4, -0.2) is 23.8 Å². The first-order valence-electron chi connectivity index (χ1n) is 6.86. The lowest BCUT2D eigenvalue weighted by Gasteiger charge is -2.08. The maximum absolute atomic E-state index is 12.0. The van der Waals surface area contributed by atoms with Crippen LogP contribution in [0.1, 0.15) is 22.8 Å². The number of hydrazone groups is 1. The van der Waals surface area contributed by atoms with Crippen LogP contribution in [0.15, 0.2) is 35.4 Å². The number of hydrogen-bond acceptors (Lipinski definition) is 4. The Labute approximate surface area is 162 Å². The molecular formula is C16H13Cl2IN2O3. The van der Waals surface area contributed by atoms with Crippen LogP contribution in [0.25, 0.3) is 0 Å². The molecule has 0 unspecified atom stereocenters. The van der Waals surface area contributed by atoms with Crippen LogP contribution in [0.5, 0.6) is 11.5 Å². The molecular weight excluding hydrogens is 466 g/mol. The molecule has 0 aliphatic heterocycles. The first-order chi connectivity index (χ1) is 11.4. The molecule has 8 heteroatoms. The van der Waals surface area contributed by atoms with Crippen molar-refractivity contribution in [3.05, 3.63) is 55.1 Å². The number of nitrogens with zero attached hydrogens (tertiary/aromatic N) is 1. The van der Waals surface area contributed by atoms with Gasteiger partial charge in [-0.2, -0.15) is 5.10 Å². The van der Waals surface area contributed by atoms with E-state index in [-0.39, 0.29) is 16.3 Å². The van der Waals surface area contributed by atoms with E-state index in [0.717, 1.165) is 0 Å². The topological polar surface area (TPSA) is 70.9 Å². The first kappa shape index (κ1) is 18.8. The van der Waals surface area contributed by atoms with Crippen LogP contribution < -0.4 is 10.2 Å². The van der Waals surface area contributed by atoms with Gasteiger partial charge in [0.2, 0.25) is 0 Å². The normalized spacial score (nSPS) is 10.8. The second kappa shape index (κ2) is 8.55. The van der Waals surface area contributed by atoms with Crippen LogP contribution in [0.2, 0.25) is 10.0 Å². The van der Waals surface area contributed by atoms with Gasteiger partial charge in [0.15, 0.2) is 11.5 Å². The summed E-state index contributed by atoms with van der Waals surface area (Å²) in [7, 11) is 0. The third-order valence-electron chi connectivity index (χ3n) is 2.91. The van der Waals surface area contributed by atoms with Gasteiger partial charge in [-0.1, -0.05) is 23.2 Å². The van der Waals surface area contributed by atoms with E-state index in [4.69, 9.17) is 27.9 Å². The first-order valence-corrected chi connectivity index (χ1v) is 8.69. The summed E-state index contributed by atoms with van der Waals surface area (Å²) in [6, 6.07) is 7.92. The Morgan fingerprint density at radius 2 is 2.12 bits per heavy atom. The lowest BCUT2D eigenvalue weighted by Crippen LogP contribution is -2.18. The summed E-state index contributed by atoms with van der Waals surface area (Å²) >= 11 is 13.8. The minimum Gasteiger partial charge on any atom is -0.504 e. The van der Waals surface area contributed by atoms with Crippen LogP contribution >= 0.6 is 45.8 Å². The standard InChI is InChI=1S/C16H13Cl2IN2O3/c1-2-24-14-6-9(5-13(19)15(14)22)8-20-21-16(23)11-4-3-10(17)7-12(11)18/h3-8,22H,2H2,1H3,(H,21,23)/b20-8-. The van der Waals surface area contributed by atoms with Gasteiger partial charge in [0.25, 0.3) is 5.91 Å². The molecule has 2 rings (SSSR count). The van der Waals surface area contributed by atoms with E-state index in [1.54, 1.807) is 18.2 Å². The van der Waals surface area contributed by atoms with E-state index in [9.17, 15) is 9.90 Å². The predicted octanol–water partition coefficient (Wildman–Crippen LogP) is 4.47. The Morgan fingerprint density at radius 1 is 1.38 bits per heavy atom. The predicted molar refractivity (Wildman–Crippen MR) is 104 cm³/mol. The molecule has 0 spiro atoms. The average Bonchev–Trinajstić information content (AvgIpc) is 2.52. The molecule has 0 fully saturated rings. The van der Waals surface area contributed by atoms with Gasteiger partial charge < -0.3 is 9.84 Å². The maximum atomic E-state index is 12.0. The van der Waals surface area contributed by atoms with Crippen molar-refractivity contribution < 1.29 is 14.6 Å². The minimum absolute atomic E-state index is 0.0755. The van der Waals surface area contributed by atoms with Crippen LogP contribution in [-0.2, 0) is 0 Å². The number of rotatable bonds is 5. The third kappa shape index (κ3) is 4.75. The zero-order valence-corrected chi connectivity index (χ0v) is 16.2. The molecule has 2 aromatic carbocycles. The summed E-state index contributed by atoms with van der Waals surface area (Å²) in [5.74, 6) is -0.0177. The van der Waals surface area contributed by atoms with Crippen LogP contribution in [0.3, 0.4) is 0 Å². The smallest absolute Gasteiger partial charge is 0.272 e. The second-order valence-corrected chi connectivity index (χ2v) is 6.61. The Hall–Kier alpha value is -1.51. The quantitative estimate of drug-likeness (QED) is 0.378. The Balaban J connectivity index is 2.12. The van der Waals surface area contributed by atoms with Gasteiger partial charge in [0.05, 0.1) is 27.0 Å². The number of amides is 1. The highest BCUT2D eigenvalue weighted by Gasteiger charge is 2.10. The van der Waals surface area contributed by atoms with Crippen LogP contribution in [0.4, 0.5) is 0 Å². The average molecular weight is 479 g/mol. The molecule has 0 heterocycles. The lowest BCUT2D eigenvalue weighted by atomic mass is 10.2. The number of benzene rings is 2. The van der Waals surface area contributed by atoms with E-state index in [1.165, 1.54) is 18.3 Å². The molecule has 0 aliphatic carbocycles. The summed E-state index contributed by atoms with van der Waals surface area (Å²) < 4.78 is 5.97. The van der Waals surface area contributed by atoms with Gasteiger partial charge in [-0.05, 0) is 65.4 Å². The molecule has 24 heavy (non-hydrogen) atoms. The van der Waals surface area contributed by atoms with Gasteiger partial charge in [-0.25, -0.2) is 5.43 Å². The minimum atomic E-state index is -0.452. The number of nitrogens with one attached hydrogen (secondary N) is 1. The molecule has 0 aliphatic rings. The largest absolute Gasteiger partial charge is 0.504 e. The van der Waals surface area contributed by atoms with Crippen molar-refractivity contribution in [1.82, 2.24) is 5.43 Å². The SMILES string of the molecule is CCOc1cc(/C=N\NC(=O)c2ccc(Cl)cc2Cl)cc(I)c1O. The molecule has 0 atom stereocenters. The molecule has 0 aromatic heterocycles. The van der Waals surface area contributed by atoms with E-state index in [2.05, 4.69) is 10.5 Å². The Kier molecular flexibility index (Phi) is 6.70. The Bertz CT molecular complexity index is 797. The molecule has 2 N–H and O–H groups in total. The monoisotopic (exact) mass is 478 g/mol. The number of phenols is 1. The van der Waals surface area contributed by atoms with Crippen molar-refractivity contribution in [2.75, 3.05) is 6.61 Å². The van der Waals surface area contributed by atoms with Crippen LogP contribution in [0, 0.1) is 3.57 Å². The number of carbonyl (C=O) groups is 1. The van der Waals surface area contributed by atoms with E-state index < -0.39 is 5.91 Å². The number of ether oxygens (including phenoxy) is 1. The highest BCUT2D eigenvalue weighted by molar-refractivity contribution is 14.1. The van der Waals surface area contributed by atoms with E-state index >= 15 is 0 Å². The molecule has 0 bridgehead atoms. The highest BCUT2D eigenvalue weighted by atomic mass is 127. The summed E-state index contributed by atoms with van der Waals surface area (Å²) in [6.45, 7) is 2.25. The highest BCUT2D eigenvalue weighted by Crippen LogP contribution is 2.32. The van der Waals surface area contributed by atoms with Crippen molar-refractivity contribution in [2.24, 2.45) is 5.10 Å². The number of phenolic OH excluding ortho intramolecular Hbond substituents is 1. The number of carbonyl (C=O) groups excluding carboxylic acids is 1. The molecule has 2 aromatic rings. The number of aromatic hydroxyl groups is 1. The van der Waals surface area contributed by atoms with Gasteiger partial charge in [0, 0.05) is 5.02 Å². The number of halogens is 3. The van der Waals surface area contributed by atoms with Gasteiger partial charge in [-0.3, -0.25) is 4.79 Å². The van der Waals surface area contributed by atoms with Gasteiger partial charge in [-0.15, -0.1) is 0 Å². The zero-order chi connectivity index (χ0) is 17.7. The molecule has 126 valence electrons. The van der Waals surface area contributed by atoms with Crippen molar-refractivity contribution in [2.45, 2.75) is 6.92 Å². The fourth-order valence-corrected chi connectivity index (χ4v) is 2.95. The summed E-state index contributed by atoms with van der Waals surface area (Å²) in [4.78, 5) is 12.0. The molecule has 0 radical (unpaired) electrons. The molecule has 1 amide bonds. The lowest BCUT2D eigenvalue weighted by molar-refractivity contribution is 0.0955. The summed E-state index contributed by atoms with van der Waals surface area (Å²) in [6.07, 6.45) is 1.45. The van der Waals surface area contributed by atoms with Crippen molar-refractivity contribution in [3.63, 3.8) is 0 Å². The van der Waals surface area contributed by atoms with E-state index in [0.29, 0.717) is 26.5 Å². The molecule has 5 nitrogen and oxygen atoms in total. The summed E-state index contributed by atoms with van der Waals surface area (Å²) in [5, 5.41) is 14.5. The van der Waals surface area contributed by atoms with Crippen molar-refractivity contribution in [3.8, 4) is 11.5 Å². The third-order valence-corrected chi connectivity index (χ3v) is 4.28. The van der Waals surface area contributed by atoms with Crippen molar-refractivity contribution in [1.29, 1.82) is 0 Å².